The summed E-state index contributed by atoms with van der Waals surface area (Å²) in [6.45, 7) is 5.96. The van der Waals surface area contributed by atoms with Gasteiger partial charge in [0.05, 0.1) is 12.7 Å². The fourth-order valence-electron chi connectivity index (χ4n) is 1.73. The highest BCUT2D eigenvalue weighted by Crippen LogP contribution is 2.22. The lowest BCUT2D eigenvalue weighted by atomic mass is 10.1. The number of nitrogens with one attached hydrogen (secondary N) is 1. The normalized spacial score (nSPS) is 12.7. The Bertz CT molecular complexity index is 401. The molecule has 114 valence electrons. The predicted molar refractivity (Wildman–Crippen MR) is 93.6 cm³/mol. The van der Waals surface area contributed by atoms with Crippen LogP contribution >= 0.6 is 34.2 Å². The summed E-state index contributed by atoms with van der Waals surface area (Å²) >= 11 is 8.12. The number of benzene rings is 1. The molecular formula is C15H23ClINO2. The second-order valence-electron chi connectivity index (χ2n) is 5.27. The van der Waals surface area contributed by atoms with Gasteiger partial charge in [-0.2, -0.15) is 0 Å². The van der Waals surface area contributed by atoms with Gasteiger partial charge < -0.3 is 15.2 Å². The molecule has 0 spiro atoms. The SMILES string of the molecule is CC(C)CCCOCC(O)CNc1ccc(Cl)cc1I. The Morgan fingerprint density at radius 3 is 2.80 bits per heavy atom. The van der Waals surface area contributed by atoms with E-state index in [9.17, 15) is 5.11 Å². The van der Waals surface area contributed by atoms with Crippen molar-refractivity contribution in [1.29, 1.82) is 0 Å². The summed E-state index contributed by atoms with van der Waals surface area (Å²) in [5, 5.41) is 13.8. The molecule has 0 aromatic heterocycles. The molecule has 0 bridgehead atoms. The largest absolute Gasteiger partial charge is 0.389 e. The summed E-state index contributed by atoms with van der Waals surface area (Å²) in [7, 11) is 0. The van der Waals surface area contributed by atoms with Crippen LogP contribution in [0.2, 0.25) is 5.02 Å². The predicted octanol–water partition coefficient (Wildman–Crippen LogP) is 4.17. The van der Waals surface area contributed by atoms with Gasteiger partial charge in [0, 0.05) is 27.4 Å². The van der Waals surface area contributed by atoms with E-state index in [4.69, 9.17) is 16.3 Å². The van der Waals surface area contributed by atoms with Crippen molar-refractivity contribution in [2.45, 2.75) is 32.8 Å². The van der Waals surface area contributed by atoms with Crippen molar-refractivity contribution in [1.82, 2.24) is 0 Å². The van der Waals surface area contributed by atoms with Crippen LogP contribution in [-0.4, -0.2) is 31.0 Å². The molecule has 5 heteroatoms. The third-order valence-electron chi connectivity index (χ3n) is 2.84. The first-order chi connectivity index (χ1) is 9.49. The van der Waals surface area contributed by atoms with Crippen LogP contribution in [0, 0.1) is 9.49 Å². The number of halogens is 2. The molecule has 2 N–H and O–H groups in total. The molecule has 0 saturated heterocycles. The van der Waals surface area contributed by atoms with Crippen LogP contribution in [0.15, 0.2) is 18.2 Å². The number of aliphatic hydroxyl groups excluding tert-OH is 1. The van der Waals surface area contributed by atoms with Gasteiger partial charge >= 0.3 is 0 Å². The minimum atomic E-state index is -0.500. The van der Waals surface area contributed by atoms with Gasteiger partial charge in [0.25, 0.3) is 0 Å². The van der Waals surface area contributed by atoms with Crippen molar-refractivity contribution in [3.05, 3.63) is 26.8 Å². The minimum absolute atomic E-state index is 0.370. The summed E-state index contributed by atoms with van der Waals surface area (Å²) in [5.41, 5.74) is 0.980. The summed E-state index contributed by atoms with van der Waals surface area (Å²) in [4.78, 5) is 0. The monoisotopic (exact) mass is 411 g/mol. The molecule has 20 heavy (non-hydrogen) atoms. The molecule has 0 radical (unpaired) electrons. The van der Waals surface area contributed by atoms with Crippen molar-refractivity contribution in [3.63, 3.8) is 0 Å². The Balaban J connectivity index is 2.18. The highest BCUT2D eigenvalue weighted by atomic mass is 127. The lowest BCUT2D eigenvalue weighted by molar-refractivity contribution is 0.0409. The third kappa shape index (κ3) is 7.67. The first-order valence-corrected chi connectivity index (χ1v) is 8.39. The zero-order chi connectivity index (χ0) is 15.0. The van der Waals surface area contributed by atoms with Gasteiger partial charge in [0.2, 0.25) is 0 Å². The van der Waals surface area contributed by atoms with Crippen molar-refractivity contribution >= 4 is 39.9 Å². The Labute approximate surface area is 140 Å². The highest BCUT2D eigenvalue weighted by Gasteiger charge is 2.06. The van der Waals surface area contributed by atoms with E-state index in [-0.39, 0.29) is 0 Å². The lowest BCUT2D eigenvalue weighted by Gasteiger charge is -2.14. The Morgan fingerprint density at radius 2 is 2.15 bits per heavy atom. The number of ether oxygens (including phenoxy) is 1. The Hall–Kier alpha value is -0.0400. The smallest absolute Gasteiger partial charge is 0.0945 e. The van der Waals surface area contributed by atoms with Crippen LogP contribution in [0.5, 0.6) is 0 Å². The maximum absolute atomic E-state index is 9.85. The van der Waals surface area contributed by atoms with E-state index in [0.29, 0.717) is 30.7 Å². The van der Waals surface area contributed by atoms with Crippen LogP contribution < -0.4 is 5.32 Å². The maximum Gasteiger partial charge on any atom is 0.0945 e. The fourth-order valence-corrected chi connectivity index (χ4v) is 2.79. The second kappa shape index (κ2) is 9.82. The maximum atomic E-state index is 9.85. The van der Waals surface area contributed by atoms with Gasteiger partial charge in [0.1, 0.15) is 0 Å². The molecule has 1 rings (SSSR count). The highest BCUT2D eigenvalue weighted by molar-refractivity contribution is 14.1. The van der Waals surface area contributed by atoms with Crippen LogP contribution in [0.4, 0.5) is 5.69 Å². The molecule has 0 aliphatic carbocycles. The minimum Gasteiger partial charge on any atom is -0.389 e. The Kier molecular flexibility index (Phi) is 8.84. The van der Waals surface area contributed by atoms with E-state index >= 15 is 0 Å². The summed E-state index contributed by atoms with van der Waals surface area (Å²) < 4.78 is 6.51. The van der Waals surface area contributed by atoms with Crippen LogP contribution in [0.25, 0.3) is 0 Å². The lowest BCUT2D eigenvalue weighted by Crippen LogP contribution is -2.25. The molecule has 3 nitrogen and oxygen atoms in total. The number of hydrogen-bond donors (Lipinski definition) is 2. The first-order valence-electron chi connectivity index (χ1n) is 6.93. The molecule has 0 aliphatic heterocycles. The quantitative estimate of drug-likeness (QED) is 0.473. The van der Waals surface area contributed by atoms with Gasteiger partial charge in [-0.15, -0.1) is 0 Å². The van der Waals surface area contributed by atoms with E-state index in [1.54, 1.807) is 0 Å². The summed E-state index contributed by atoms with van der Waals surface area (Å²) in [5.74, 6) is 0.706. The standard InChI is InChI=1S/C15H23ClINO2/c1-11(2)4-3-7-20-10-13(19)9-18-15-6-5-12(16)8-14(15)17/h5-6,8,11,13,18-19H,3-4,7,9-10H2,1-2H3. The topological polar surface area (TPSA) is 41.5 Å². The average Bonchev–Trinajstić information content (AvgIpc) is 2.37. The van der Waals surface area contributed by atoms with Crippen molar-refractivity contribution < 1.29 is 9.84 Å². The van der Waals surface area contributed by atoms with Crippen LogP contribution in [0.1, 0.15) is 26.7 Å². The van der Waals surface area contributed by atoms with Gasteiger partial charge in [-0.05, 0) is 59.5 Å². The van der Waals surface area contributed by atoms with Crippen molar-refractivity contribution in [3.8, 4) is 0 Å². The molecule has 1 unspecified atom stereocenters. The number of anilines is 1. The molecule has 0 aliphatic rings. The van der Waals surface area contributed by atoms with E-state index in [0.717, 1.165) is 22.1 Å². The second-order valence-corrected chi connectivity index (χ2v) is 6.87. The molecule has 0 heterocycles. The third-order valence-corrected chi connectivity index (χ3v) is 3.97. The Morgan fingerprint density at radius 1 is 1.40 bits per heavy atom. The summed E-state index contributed by atoms with van der Waals surface area (Å²) in [6, 6.07) is 5.64. The molecule has 0 amide bonds. The number of rotatable bonds is 9. The van der Waals surface area contributed by atoms with E-state index < -0.39 is 6.10 Å². The molecular weight excluding hydrogens is 389 g/mol. The van der Waals surface area contributed by atoms with E-state index in [2.05, 4.69) is 41.8 Å². The van der Waals surface area contributed by atoms with Gasteiger partial charge in [-0.3, -0.25) is 0 Å². The van der Waals surface area contributed by atoms with Crippen LogP contribution in [0.3, 0.4) is 0 Å². The molecule has 1 atom stereocenters. The first kappa shape index (κ1) is 18.0. The van der Waals surface area contributed by atoms with Gasteiger partial charge in [-0.25, -0.2) is 0 Å². The van der Waals surface area contributed by atoms with Crippen molar-refractivity contribution in [2.75, 3.05) is 25.1 Å². The van der Waals surface area contributed by atoms with E-state index in [1.165, 1.54) is 0 Å². The number of hydrogen-bond acceptors (Lipinski definition) is 3. The molecule has 0 fully saturated rings. The fraction of sp³-hybridized carbons (Fsp3) is 0.600. The number of aliphatic hydroxyl groups is 1. The van der Waals surface area contributed by atoms with E-state index in [1.807, 2.05) is 18.2 Å². The van der Waals surface area contributed by atoms with Gasteiger partial charge in [0.15, 0.2) is 0 Å². The molecule has 1 aromatic carbocycles. The summed E-state index contributed by atoms with van der Waals surface area (Å²) in [6.07, 6.45) is 1.71. The zero-order valence-electron chi connectivity index (χ0n) is 12.0. The zero-order valence-corrected chi connectivity index (χ0v) is 14.9. The molecule has 1 aromatic rings. The molecule has 0 saturated carbocycles. The van der Waals surface area contributed by atoms with Gasteiger partial charge in [-0.1, -0.05) is 25.4 Å². The average molecular weight is 412 g/mol. The van der Waals surface area contributed by atoms with Crippen molar-refractivity contribution in [2.24, 2.45) is 5.92 Å². The van der Waals surface area contributed by atoms with Crippen LogP contribution in [-0.2, 0) is 4.74 Å².